The number of hydrogen-bond donors (Lipinski definition) is 0. The topological polar surface area (TPSA) is 3.24 Å². The Morgan fingerprint density at radius 3 is 1.80 bits per heavy atom. The highest BCUT2D eigenvalue weighted by Gasteiger charge is 2.37. The van der Waals surface area contributed by atoms with Crippen molar-refractivity contribution in [2.24, 2.45) is 0 Å². The molecule has 0 saturated heterocycles. The first-order valence-corrected chi connectivity index (χ1v) is 10.5. The van der Waals surface area contributed by atoms with Crippen LogP contribution in [0, 0.1) is 0 Å². The van der Waals surface area contributed by atoms with E-state index in [1.807, 2.05) is 6.08 Å². The summed E-state index contributed by atoms with van der Waals surface area (Å²) in [6.07, 6.45) is 4.43. The summed E-state index contributed by atoms with van der Waals surface area (Å²) in [5.41, 5.74) is 1.22. The van der Waals surface area contributed by atoms with Crippen LogP contribution in [0.1, 0.15) is 46.1 Å². The third-order valence-electron chi connectivity index (χ3n) is 4.45. The first-order chi connectivity index (χ1) is 9.68. The number of hydrogen-bond acceptors (Lipinski definition) is 1. The highest BCUT2D eigenvalue weighted by atomic mass is 28.3. The zero-order valence-electron chi connectivity index (χ0n) is 13.8. The lowest BCUT2D eigenvalue weighted by Crippen LogP contribution is -2.61. The first-order valence-electron chi connectivity index (χ1n) is 8.16. The van der Waals surface area contributed by atoms with E-state index >= 15 is 0 Å². The van der Waals surface area contributed by atoms with Crippen LogP contribution in [0.4, 0.5) is 0 Å². The normalized spacial score (nSPS) is 11.8. The average molecular weight is 290 g/mol. The van der Waals surface area contributed by atoms with E-state index in [4.69, 9.17) is 0 Å². The van der Waals surface area contributed by atoms with Gasteiger partial charge in [-0.25, -0.2) is 0 Å². The second-order valence-electron chi connectivity index (χ2n) is 5.55. The van der Waals surface area contributed by atoms with Gasteiger partial charge in [-0.1, -0.05) is 64.6 Å². The Hall–Kier alpha value is -0.863. The van der Waals surface area contributed by atoms with Gasteiger partial charge in [0.05, 0.1) is 0 Å². The molecule has 1 rings (SSSR count). The van der Waals surface area contributed by atoms with Gasteiger partial charge in [0, 0.05) is 0 Å². The molecule has 0 saturated carbocycles. The van der Waals surface area contributed by atoms with Crippen LogP contribution in [-0.4, -0.2) is 25.9 Å². The molecule has 0 aromatic heterocycles. The van der Waals surface area contributed by atoms with E-state index in [9.17, 15) is 0 Å². The Balaban J connectivity index is 3.18. The minimum Gasteiger partial charge on any atom is -0.320 e. The summed E-state index contributed by atoms with van der Waals surface area (Å²) in [7, 11) is -1.53. The fraction of sp³-hybridized carbons (Fsp3) is 0.556. The van der Waals surface area contributed by atoms with Crippen LogP contribution in [0.3, 0.4) is 0 Å². The van der Waals surface area contributed by atoms with Crippen LogP contribution in [-0.2, 0) is 0 Å². The summed E-state index contributed by atoms with van der Waals surface area (Å²) < 4.78 is 2.83. The van der Waals surface area contributed by atoms with Gasteiger partial charge in [0.1, 0.15) is 0 Å². The van der Waals surface area contributed by atoms with Gasteiger partial charge in [0.15, 0.2) is 8.24 Å². The highest BCUT2D eigenvalue weighted by Crippen LogP contribution is 2.22. The molecule has 1 aromatic rings. The number of benzene rings is 1. The van der Waals surface area contributed by atoms with E-state index in [-0.39, 0.29) is 0 Å². The first kappa shape index (κ1) is 17.2. The molecule has 0 aliphatic heterocycles. The van der Waals surface area contributed by atoms with E-state index in [1.165, 1.54) is 43.6 Å². The molecule has 1 aromatic carbocycles. The lowest BCUT2D eigenvalue weighted by Gasteiger charge is -2.42. The molecule has 0 N–H and O–H groups in total. The van der Waals surface area contributed by atoms with Crippen molar-refractivity contribution < 1.29 is 0 Å². The molecule has 112 valence electrons. The molecule has 1 nitrogen and oxygen atoms in total. The maximum Gasteiger partial charge on any atom is 0.159 e. The van der Waals surface area contributed by atoms with Crippen LogP contribution in [0.15, 0.2) is 30.8 Å². The van der Waals surface area contributed by atoms with E-state index in [2.05, 4.69) is 63.1 Å². The molecule has 0 atom stereocenters. The molecular weight excluding hydrogens is 258 g/mol. The van der Waals surface area contributed by atoms with E-state index in [0.717, 1.165) is 0 Å². The SMILES string of the molecule is C=Cc1ccc([Si](CC)(CC)N(CCC)CCC)cc1. The Morgan fingerprint density at radius 2 is 1.45 bits per heavy atom. The molecular formula is C18H31NSi. The molecule has 0 heterocycles. The molecule has 0 amide bonds. The maximum absolute atomic E-state index is 3.86. The van der Waals surface area contributed by atoms with Gasteiger partial charge in [-0.3, -0.25) is 0 Å². The van der Waals surface area contributed by atoms with Gasteiger partial charge in [0.25, 0.3) is 0 Å². The van der Waals surface area contributed by atoms with Gasteiger partial charge in [-0.2, -0.15) is 0 Å². The fourth-order valence-corrected chi connectivity index (χ4v) is 7.96. The lowest BCUT2D eigenvalue weighted by atomic mass is 10.2. The van der Waals surface area contributed by atoms with Crippen molar-refractivity contribution in [3.05, 3.63) is 36.4 Å². The Bertz CT molecular complexity index is 386. The maximum atomic E-state index is 3.86. The zero-order chi connectivity index (χ0) is 15.0. The highest BCUT2D eigenvalue weighted by molar-refractivity contribution is 6.89. The predicted octanol–water partition coefficient (Wildman–Crippen LogP) is 4.64. The molecule has 0 radical (unpaired) electrons. The van der Waals surface area contributed by atoms with Crippen molar-refractivity contribution >= 4 is 19.5 Å². The average Bonchev–Trinajstić information content (AvgIpc) is 2.50. The molecule has 0 aliphatic carbocycles. The summed E-state index contributed by atoms with van der Waals surface area (Å²) >= 11 is 0. The number of rotatable bonds is 9. The summed E-state index contributed by atoms with van der Waals surface area (Å²) in [4.78, 5) is 0. The largest absolute Gasteiger partial charge is 0.320 e. The van der Waals surface area contributed by atoms with Gasteiger partial charge in [0.2, 0.25) is 0 Å². The fourth-order valence-electron chi connectivity index (χ4n) is 3.30. The van der Waals surface area contributed by atoms with Crippen molar-refractivity contribution in [3.63, 3.8) is 0 Å². The van der Waals surface area contributed by atoms with E-state index < -0.39 is 8.24 Å². The minimum absolute atomic E-state index is 1.22. The summed E-state index contributed by atoms with van der Waals surface area (Å²) in [6, 6.07) is 11.8. The standard InChI is InChI=1S/C18H31NSi/c1-6-15-19(16-7-2)20(9-4,10-5)18-13-11-17(8-3)12-14-18/h8,11-14H,3,6-7,9-10,15-16H2,1-2,4-5H3. The van der Waals surface area contributed by atoms with Gasteiger partial charge < -0.3 is 4.57 Å². The van der Waals surface area contributed by atoms with E-state index in [0.29, 0.717) is 0 Å². The Morgan fingerprint density at radius 1 is 0.950 bits per heavy atom. The van der Waals surface area contributed by atoms with Crippen LogP contribution >= 0.6 is 0 Å². The van der Waals surface area contributed by atoms with Crippen molar-refractivity contribution in [3.8, 4) is 0 Å². The molecule has 0 fully saturated rings. The summed E-state index contributed by atoms with van der Waals surface area (Å²) in [5, 5.41) is 1.59. The third-order valence-corrected chi connectivity index (χ3v) is 9.85. The minimum atomic E-state index is -1.53. The molecule has 0 spiro atoms. The van der Waals surface area contributed by atoms with Crippen LogP contribution in [0.2, 0.25) is 12.1 Å². The van der Waals surface area contributed by atoms with Gasteiger partial charge >= 0.3 is 0 Å². The summed E-state index contributed by atoms with van der Waals surface area (Å²) in [5.74, 6) is 0. The quantitative estimate of drug-likeness (QED) is 0.598. The Kier molecular flexibility index (Phi) is 7.24. The predicted molar refractivity (Wildman–Crippen MR) is 95.0 cm³/mol. The molecule has 0 bridgehead atoms. The van der Waals surface area contributed by atoms with Crippen molar-refractivity contribution in [2.45, 2.75) is 52.6 Å². The van der Waals surface area contributed by atoms with Crippen molar-refractivity contribution in [2.75, 3.05) is 13.1 Å². The van der Waals surface area contributed by atoms with Crippen LogP contribution in [0.5, 0.6) is 0 Å². The molecule has 0 unspecified atom stereocenters. The Labute approximate surface area is 126 Å². The number of nitrogens with zero attached hydrogens (tertiary/aromatic N) is 1. The molecule has 2 heteroatoms. The molecule has 20 heavy (non-hydrogen) atoms. The van der Waals surface area contributed by atoms with Crippen LogP contribution < -0.4 is 5.19 Å². The second-order valence-corrected chi connectivity index (χ2v) is 10.2. The third kappa shape index (κ3) is 3.61. The molecule has 0 aliphatic rings. The zero-order valence-corrected chi connectivity index (χ0v) is 14.8. The summed E-state index contributed by atoms with van der Waals surface area (Å²) in [6.45, 7) is 15.7. The lowest BCUT2D eigenvalue weighted by molar-refractivity contribution is 0.417. The smallest absolute Gasteiger partial charge is 0.159 e. The second kappa shape index (κ2) is 8.43. The van der Waals surface area contributed by atoms with E-state index in [1.54, 1.807) is 5.19 Å². The van der Waals surface area contributed by atoms with Crippen molar-refractivity contribution in [1.82, 2.24) is 4.57 Å². The monoisotopic (exact) mass is 289 g/mol. The van der Waals surface area contributed by atoms with Gasteiger partial charge in [-0.15, -0.1) is 0 Å². The van der Waals surface area contributed by atoms with Crippen molar-refractivity contribution in [1.29, 1.82) is 0 Å². The van der Waals surface area contributed by atoms with Gasteiger partial charge in [-0.05, 0) is 48.8 Å². The van der Waals surface area contributed by atoms with Crippen LogP contribution in [0.25, 0.3) is 6.08 Å².